The third-order valence-electron chi connectivity index (χ3n) is 3.72. The molecule has 94 valence electrons. The Morgan fingerprint density at radius 3 is 2.78 bits per heavy atom. The molecule has 1 aliphatic rings. The molecule has 0 bridgehead atoms. The Labute approximate surface area is 111 Å². The second-order valence-electron chi connectivity index (χ2n) is 4.99. The van der Waals surface area contributed by atoms with E-state index < -0.39 is 0 Å². The number of hydrogen-bond acceptors (Lipinski definition) is 2. The van der Waals surface area contributed by atoms with Crippen LogP contribution in [0.5, 0.6) is 0 Å². The summed E-state index contributed by atoms with van der Waals surface area (Å²) < 4.78 is 13.7. The van der Waals surface area contributed by atoms with Gasteiger partial charge in [0.25, 0.3) is 0 Å². The van der Waals surface area contributed by atoms with Crippen LogP contribution in [-0.4, -0.2) is 13.6 Å². The van der Waals surface area contributed by atoms with Crippen LogP contribution in [0.2, 0.25) is 0 Å². The topological polar surface area (TPSA) is 12.0 Å². The van der Waals surface area contributed by atoms with Gasteiger partial charge >= 0.3 is 0 Å². The van der Waals surface area contributed by atoms with Crippen molar-refractivity contribution in [2.75, 3.05) is 13.6 Å². The van der Waals surface area contributed by atoms with E-state index in [1.54, 1.807) is 17.4 Å². The molecule has 1 fully saturated rings. The third-order valence-corrected chi connectivity index (χ3v) is 4.68. The average molecular weight is 261 g/mol. The van der Waals surface area contributed by atoms with Gasteiger partial charge in [0.1, 0.15) is 5.82 Å². The summed E-state index contributed by atoms with van der Waals surface area (Å²) in [7, 11) is 1.99. The lowest BCUT2D eigenvalue weighted by molar-refractivity contribution is 0.625. The number of hydrogen-bond donors (Lipinski definition) is 1. The Kier molecular flexibility index (Phi) is 2.96. The molecule has 0 aliphatic heterocycles. The van der Waals surface area contributed by atoms with E-state index >= 15 is 0 Å². The highest BCUT2D eigenvalue weighted by Gasteiger charge is 2.44. The second kappa shape index (κ2) is 4.48. The van der Waals surface area contributed by atoms with Crippen LogP contribution in [0.15, 0.2) is 35.7 Å². The molecule has 0 unspecified atom stereocenters. The fourth-order valence-electron chi connectivity index (χ4n) is 2.47. The van der Waals surface area contributed by atoms with Gasteiger partial charge in [-0.3, -0.25) is 0 Å². The van der Waals surface area contributed by atoms with E-state index in [2.05, 4.69) is 16.8 Å². The van der Waals surface area contributed by atoms with Gasteiger partial charge in [-0.25, -0.2) is 4.39 Å². The van der Waals surface area contributed by atoms with Crippen LogP contribution in [0.25, 0.3) is 10.4 Å². The highest BCUT2D eigenvalue weighted by molar-refractivity contribution is 7.13. The predicted molar refractivity (Wildman–Crippen MR) is 74.6 cm³/mol. The standard InChI is InChI=1S/C15H16FNS/c1-17-10-15(6-7-15)11-8-14(18-9-11)12-4-2-3-5-13(12)16/h2-5,8-9,17H,6-7,10H2,1H3. The first-order valence-corrected chi connectivity index (χ1v) is 7.12. The van der Waals surface area contributed by atoms with E-state index in [9.17, 15) is 4.39 Å². The molecule has 0 amide bonds. The molecule has 1 aliphatic carbocycles. The van der Waals surface area contributed by atoms with Crippen molar-refractivity contribution in [2.45, 2.75) is 18.3 Å². The van der Waals surface area contributed by atoms with Gasteiger partial charge in [-0.1, -0.05) is 18.2 Å². The zero-order valence-corrected chi connectivity index (χ0v) is 11.2. The van der Waals surface area contributed by atoms with Crippen LogP contribution >= 0.6 is 11.3 Å². The number of nitrogens with one attached hydrogen (secondary N) is 1. The molecular weight excluding hydrogens is 245 g/mol. The van der Waals surface area contributed by atoms with Crippen molar-refractivity contribution in [2.24, 2.45) is 0 Å². The van der Waals surface area contributed by atoms with Crippen LogP contribution in [0.4, 0.5) is 4.39 Å². The second-order valence-corrected chi connectivity index (χ2v) is 5.90. The summed E-state index contributed by atoms with van der Waals surface area (Å²) in [5, 5.41) is 5.45. The molecule has 1 nitrogen and oxygen atoms in total. The van der Waals surface area contributed by atoms with Crippen LogP contribution in [0.1, 0.15) is 18.4 Å². The molecule has 1 saturated carbocycles. The third kappa shape index (κ3) is 1.98. The Morgan fingerprint density at radius 1 is 1.33 bits per heavy atom. The Hall–Kier alpha value is -1.19. The quantitative estimate of drug-likeness (QED) is 0.882. The summed E-state index contributed by atoms with van der Waals surface area (Å²) in [6.45, 7) is 1.01. The van der Waals surface area contributed by atoms with Crippen molar-refractivity contribution in [3.63, 3.8) is 0 Å². The summed E-state index contributed by atoms with van der Waals surface area (Å²) >= 11 is 1.64. The smallest absolute Gasteiger partial charge is 0.131 e. The molecule has 1 aromatic heterocycles. The van der Waals surface area contributed by atoms with Crippen molar-refractivity contribution < 1.29 is 4.39 Å². The number of rotatable bonds is 4. The lowest BCUT2D eigenvalue weighted by atomic mass is 9.98. The maximum Gasteiger partial charge on any atom is 0.131 e. The first-order valence-electron chi connectivity index (χ1n) is 6.24. The van der Waals surface area contributed by atoms with Crippen molar-refractivity contribution in [1.29, 1.82) is 0 Å². The minimum atomic E-state index is -0.135. The summed E-state index contributed by atoms with van der Waals surface area (Å²) in [5.74, 6) is -0.135. The minimum absolute atomic E-state index is 0.135. The lowest BCUT2D eigenvalue weighted by Crippen LogP contribution is -2.22. The van der Waals surface area contributed by atoms with Crippen LogP contribution in [0.3, 0.4) is 0 Å². The highest BCUT2D eigenvalue weighted by atomic mass is 32.1. The molecule has 0 radical (unpaired) electrons. The fourth-order valence-corrected chi connectivity index (χ4v) is 3.53. The first kappa shape index (κ1) is 11.9. The first-order chi connectivity index (χ1) is 8.75. The largest absolute Gasteiger partial charge is 0.319 e. The SMILES string of the molecule is CNCC1(c2csc(-c3ccccc3F)c2)CC1. The zero-order valence-electron chi connectivity index (χ0n) is 10.4. The summed E-state index contributed by atoms with van der Waals surface area (Å²) in [4.78, 5) is 1.03. The molecule has 18 heavy (non-hydrogen) atoms. The average Bonchev–Trinajstić information content (AvgIpc) is 2.99. The zero-order chi connectivity index (χ0) is 12.6. The van der Waals surface area contributed by atoms with Gasteiger partial charge in [-0.2, -0.15) is 0 Å². The van der Waals surface area contributed by atoms with Gasteiger partial charge in [0.2, 0.25) is 0 Å². The maximum absolute atomic E-state index is 13.7. The lowest BCUT2D eigenvalue weighted by Gasteiger charge is -2.12. The van der Waals surface area contributed by atoms with Gasteiger partial charge in [0, 0.05) is 22.4 Å². The molecule has 1 aromatic carbocycles. The van der Waals surface area contributed by atoms with E-state index in [-0.39, 0.29) is 5.82 Å². The van der Waals surface area contributed by atoms with Gasteiger partial charge in [-0.15, -0.1) is 11.3 Å². The van der Waals surface area contributed by atoms with Crippen molar-refractivity contribution in [3.8, 4) is 10.4 Å². The Balaban J connectivity index is 1.93. The number of halogens is 1. The number of thiophene rings is 1. The van der Waals surface area contributed by atoms with Gasteiger partial charge in [-0.05, 0) is 43.0 Å². The molecule has 0 spiro atoms. The maximum atomic E-state index is 13.7. The molecule has 0 atom stereocenters. The molecule has 3 heteroatoms. The van der Waals surface area contributed by atoms with E-state index in [0.717, 1.165) is 11.4 Å². The Morgan fingerprint density at radius 2 is 2.11 bits per heavy atom. The van der Waals surface area contributed by atoms with Crippen LogP contribution in [0, 0.1) is 5.82 Å². The molecule has 1 heterocycles. The van der Waals surface area contributed by atoms with E-state index in [1.807, 2.05) is 19.2 Å². The minimum Gasteiger partial charge on any atom is -0.319 e. The van der Waals surface area contributed by atoms with Crippen molar-refractivity contribution in [3.05, 3.63) is 47.1 Å². The Bertz CT molecular complexity index is 557. The van der Waals surface area contributed by atoms with Gasteiger partial charge < -0.3 is 5.32 Å². The molecule has 1 N–H and O–H groups in total. The number of likely N-dealkylation sites (N-methyl/N-ethyl adjacent to an activating group) is 1. The van der Waals surface area contributed by atoms with Gasteiger partial charge in [0.15, 0.2) is 0 Å². The van der Waals surface area contributed by atoms with E-state index in [0.29, 0.717) is 11.0 Å². The predicted octanol–water partition coefficient (Wildman–Crippen LogP) is 3.81. The van der Waals surface area contributed by atoms with Crippen molar-refractivity contribution >= 4 is 11.3 Å². The highest BCUT2D eigenvalue weighted by Crippen LogP contribution is 2.49. The summed E-state index contributed by atoms with van der Waals surface area (Å²) in [6.07, 6.45) is 2.47. The summed E-state index contributed by atoms with van der Waals surface area (Å²) in [6, 6.07) is 9.15. The fraction of sp³-hybridized carbons (Fsp3) is 0.333. The van der Waals surface area contributed by atoms with Gasteiger partial charge in [0.05, 0.1) is 0 Å². The molecule has 3 rings (SSSR count). The normalized spacial score (nSPS) is 16.8. The van der Waals surface area contributed by atoms with E-state index in [1.165, 1.54) is 24.5 Å². The molecular formula is C15H16FNS. The monoisotopic (exact) mass is 261 g/mol. The number of benzene rings is 1. The van der Waals surface area contributed by atoms with Crippen LogP contribution < -0.4 is 5.32 Å². The van der Waals surface area contributed by atoms with Crippen LogP contribution in [-0.2, 0) is 5.41 Å². The molecule has 0 saturated heterocycles. The van der Waals surface area contributed by atoms with Crippen molar-refractivity contribution in [1.82, 2.24) is 5.32 Å². The van der Waals surface area contributed by atoms with E-state index in [4.69, 9.17) is 0 Å². The summed E-state index contributed by atoms with van der Waals surface area (Å²) in [5.41, 5.74) is 2.39. The molecule has 2 aromatic rings.